The normalized spacial score (nSPS) is 15.9. The molecule has 0 saturated heterocycles. The molecule has 0 spiro atoms. The molecule has 0 unspecified atom stereocenters. The standard InChI is InChI=1S/C39H54O7/c1-3-5-13-16-31-17-19-32(20-18-31)38(41)45-35-25-27-36(28-26-35)46-39(42)33-21-23-34(24-22-33)43-29-14-11-9-7-6-8-10-12-15-30-44-37(40)4-2/h4,21-28,31-32H,2-3,5-20,29-30H2,1H3. The predicted octanol–water partition coefficient (Wildman–Crippen LogP) is 9.82. The van der Waals surface area contributed by atoms with Crippen LogP contribution >= 0.6 is 0 Å². The monoisotopic (exact) mass is 634 g/mol. The molecule has 0 N–H and O–H groups in total. The van der Waals surface area contributed by atoms with Crippen LogP contribution in [0.4, 0.5) is 0 Å². The highest BCUT2D eigenvalue weighted by Gasteiger charge is 2.27. The molecule has 0 atom stereocenters. The van der Waals surface area contributed by atoms with Crippen LogP contribution in [0.1, 0.15) is 126 Å². The van der Waals surface area contributed by atoms with Gasteiger partial charge in [0.25, 0.3) is 0 Å². The molecule has 0 aliphatic heterocycles. The minimum Gasteiger partial charge on any atom is -0.494 e. The van der Waals surface area contributed by atoms with Gasteiger partial charge in [0.1, 0.15) is 17.2 Å². The minimum atomic E-state index is -0.455. The van der Waals surface area contributed by atoms with Gasteiger partial charge in [-0.2, -0.15) is 0 Å². The third-order valence-electron chi connectivity index (χ3n) is 8.71. The molecule has 0 bridgehead atoms. The van der Waals surface area contributed by atoms with E-state index in [4.69, 9.17) is 18.9 Å². The molecule has 1 aliphatic carbocycles. The van der Waals surface area contributed by atoms with Crippen molar-refractivity contribution in [2.45, 2.75) is 116 Å². The van der Waals surface area contributed by atoms with Crippen LogP contribution in [-0.4, -0.2) is 31.1 Å². The highest BCUT2D eigenvalue weighted by Crippen LogP contribution is 2.33. The highest BCUT2D eigenvalue weighted by molar-refractivity contribution is 5.91. The number of benzene rings is 2. The van der Waals surface area contributed by atoms with E-state index in [9.17, 15) is 14.4 Å². The van der Waals surface area contributed by atoms with Crippen LogP contribution in [0.15, 0.2) is 61.2 Å². The third-order valence-corrected chi connectivity index (χ3v) is 8.71. The first kappa shape index (κ1) is 36.9. The summed E-state index contributed by atoms with van der Waals surface area (Å²) in [6.45, 7) is 6.74. The second-order valence-electron chi connectivity index (χ2n) is 12.4. The van der Waals surface area contributed by atoms with Gasteiger partial charge in [-0.1, -0.05) is 84.1 Å². The van der Waals surface area contributed by atoms with Gasteiger partial charge < -0.3 is 18.9 Å². The van der Waals surface area contributed by atoms with Gasteiger partial charge >= 0.3 is 17.9 Å². The molecular formula is C39H54O7. The Balaban J connectivity index is 1.24. The predicted molar refractivity (Wildman–Crippen MR) is 181 cm³/mol. The molecule has 1 fully saturated rings. The molecule has 1 aliphatic rings. The average molecular weight is 635 g/mol. The summed E-state index contributed by atoms with van der Waals surface area (Å²) in [5.74, 6) is 1.34. The van der Waals surface area contributed by atoms with Crippen molar-refractivity contribution in [1.29, 1.82) is 0 Å². The van der Waals surface area contributed by atoms with Crippen molar-refractivity contribution in [3.05, 3.63) is 66.7 Å². The summed E-state index contributed by atoms with van der Waals surface area (Å²) in [5, 5.41) is 0. The van der Waals surface area contributed by atoms with Crippen molar-refractivity contribution >= 4 is 17.9 Å². The van der Waals surface area contributed by atoms with Crippen LogP contribution in [0.2, 0.25) is 0 Å². The number of carbonyl (C=O) groups is 3. The second-order valence-corrected chi connectivity index (χ2v) is 12.4. The van der Waals surface area contributed by atoms with Crippen molar-refractivity contribution in [1.82, 2.24) is 0 Å². The van der Waals surface area contributed by atoms with Crippen molar-refractivity contribution in [3.8, 4) is 17.2 Å². The summed E-state index contributed by atoms with van der Waals surface area (Å²) in [6.07, 6.45) is 20.4. The van der Waals surface area contributed by atoms with Crippen LogP contribution in [0.5, 0.6) is 17.2 Å². The van der Waals surface area contributed by atoms with Gasteiger partial charge in [-0.3, -0.25) is 4.79 Å². The molecule has 46 heavy (non-hydrogen) atoms. The van der Waals surface area contributed by atoms with E-state index >= 15 is 0 Å². The van der Waals surface area contributed by atoms with E-state index in [1.165, 1.54) is 63.9 Å². The maximum atomic E-state index is 12.7. The smallest absolute Gasteiger partial charge is 0.343 e. The Morgan fingerprint density at radius 2 is 1.22 bits per heavy atom. The molecule has 0 amide bonds. The molecule has 7 heteroatoms. The number of ether oxygens (including phenoxy) is 4. The van der Waals surface area contributed by atoms with Crippen molar-refractivity contribution in [2.24, 2.45) is 11.8 Å². The summed E-state index contributed by atoms with van der Waals surface area (Å²) >= 11 is 0. The first-order valence-corrected chi connectivity index (χ1v) is 17.5. The van der Waals surface area contributed by atoms with Crippen LogP contribution in [-0.2, 0) is 14.3 Å². The van der Waals surface area contributed by atoms with Crippen molar-refractivity contribution in [3.63, 3.8) is 0 Å². The van der Waals surface area contributed by atoms with Gasteiger partial charge in [0.2, 0.25) is 0 Å². The SMILES string of the molecule is C=CC(=O)OCCCCCCCCCCCOc1ccc(C(=O)Oc2ccc(OC(=O)C3CCC(CCCCC)CC3)cc2)cc1. The van der Waals surface area contributed by atoms with E-state index in [0.29, 0.717) is 30.3 Å². The number of unbranched alkanes of at least 4 members (excludes halogenated alkanes) is 10. The minimum absolute atomic E-state index is 0.0342. The zero-order chi connectivity index (χ0) is 32.8. The van der Waals surface area contributed by atoms with Crippen molar-refractivity contribution < 1.29 is 33.3 Å². The fraction of sp³-hybridized carbons (Fsp3) is 0.564. The first-order chi connectivity index (χ1) is 22.5. The Bertz CT molecular complexity index is 1160. The Morgan fingerprint density at radius 3 is 1.80 bits per heavy atom. The lowest BCUT2D eigenvalue weighted by molar-refractivity contribution is -0.140. The fourth-order valence-corrected chi connectivity index (χ4v) is 5.86. The number of rotatable bonds is 22. The number of hydrogen-bond acceptors (Lipinski definition) is 7. The number of carbonyl (C=O) groups excluding carboxylic acids is 3. The third kappa shape index (κ3) is 14.7. The lowest BCUT2D eigenvalue weighted by Crippen LogP contribution is -2.25. The maximum absolute atomic E-state index is 12.7. The second kappa shape index (κ2) is 22.0. The molecular weight excluding hydrogens is 580 g/mol. The van der Waals surface area contributed by atoms with Gasteiger partial charge in [-0.05, 0) is 93.0 Å². The number of hydrogen-bond donors (Lipinski definition) is 0. The molecule has 0 heterocycles. The molecule has 0 radical (unpaired) electrons. The molecule has 2 aromatic rings. The first-order valence-electron chi connectivity index (χ1n) is 17.5. The Labute approximate surface area is 276 Å². The average Bonchev–Trinajstić information content (AvgIpc) is 3.08. The molecule has 3 rings (SSSR count). The van der Waals surface area contributed by atoms with Crippen LogP contribution in [0.3, 0.4) is 0 Å². The van der Waals surface area contributed by atoms with Gasteiger partial charge in [-0.15, -0.1) is 0 Å². The zero-order valence-corrected chi connectivity index (χ0v) is 27.9. The van der Waals surface area contributed by atoms with Gasteiger partial charge in [-0.25, -0.2) is 9.59 Å². The Kier molecular flexibility index (Phi) is 17.6. The molecule has 7 nitrogen and oxygen atoms in total. The summed E-state index contributed by atoms with van der Waals surface area (Å²) in [7, 11) is 0. The Hall–Kier alpha value is -3.61. The molecule has 0 aromatic heterocycles. The van der Waals surface area contributed by atoms with E-state index in [-0.39, 0.29) is 17.9 Å². The van der Waals surface area contributed by atoms with Gasteiger partial charge in [0, 0.05) is 6.08 Å². The quantitative estimate of drug-likeness (QED) is 0.0551. The summed E-state index contributed by atoms with van der Waals surface area (Å²) < 4.78 is 22.0. The van der Waals surface area contributed by atoms with Crippen molar-refractivity contribution in [2.75, 3.05) is 13.2 Å². The van der Waals surface area contributed by atoms with Crippen LogP contribution < -0.4 is 14.2 Å². The molecule has 252 valence electrons. The maximum Gasteiger partial charge on any atom is 0.343 e. The summed E-state index contributed by atoms with van der Waals surface area (Å²) in [4.78, 5) is 36.3. The molecule has 2 aromatic carbocycles. The topological polar surface area (TPSA) is 88.1 Å². The van der Waals surface area contributed by atoms with E-state index in [1.807, 2.05) is 0 Å². The van der Waals surface area contributed by atoms with Gasteiger partial charge in [0.05, 0.1) is 24.7 Å². The van der Waals surface area contributed by atoms with E-state index in [0.717, 1.165) is 63.0 Å². The lowest BCUT2D eigenvalue weighted by atomic mass is 9.80. The lowest BCUT2D eigenvalue weighted by Gasteiger charge is -2.27. The van der Waals surface area contributed by atoms with E-state index in [2.05, 4.69) is 13.5 Å². The zero-order valence-electron chi connectivity index (χ0n) is 27.9. The van der Waals surface area contributed by atoms with Crippen LogP contribution in [0, 0.1) is 11.8 Å². The fourth-order valence-electron chi connectivity index (χ4n) is 5.86. The van der Waals surface area contributed by atoms with E-state index in [1.54, 1.807) is 48.5 Å². The van der Waals surface area contributed by atoms with Crippen LogP contribution in [0.25, 0.3) is 0 Å². The summed E-state index contributed by atoms with van der Waals surface area (Å²) in [5.41, 5.74) is 0.436. The highest BCUT2D eigenvalue weighted by atomic mass is 16.5. The number of esters is 3. The van der Waals surface area contributed by atoms with Gasteiger partial charge in [0.15, 0.2) is 0 Å². The molecule has 1 saturated carbocycles. The Morgan fingerprint density at radius 1 is 0.674 bits per heavy atom. The summed E-state index contributed by atoms with van der Waals surface area (Å²) in [6, 6.07) is 13.6. The van der Waals surface area contributed by atoms with E-state index < -0.39 is 5.97 Å². The largest absolute Gasteiger partial charge is 0.494 e.